The number of aliphatic imine (C=N–C) groups is 1. The molecule has 0 saturated heterocycles. The van der Waals surface area contributed by atoms with E-state index in [4.69, 9.17) is 4.74 Å². The summed E-state index contributed by atoms with van der Waals surface area (Å²) >= 11 is 0. The van der Waals surface area contributed by atoms with E-state index in [0.29, 0.717) is 0 Å². The van der Waals surface area contributed by atoms with Crippen molar-refractivity contribution < 1.29 is 13.5 Å². The number of nitroso groups, excluding NO2 is 1. The Morgan fingerprint density at radius 3 is 2.45 bits per heavy atom. The quantitative estimate of drug-likeness (QED) is 0.808. The molecule has 0 saturated carbocycles. The molecule has 0 radical (unpaired) electrons. The highest BCUT2D eigenvalue weighted by atomic mass is 19.1. The maximum Gasteiger partial charge on any atom is 0.222 e. The van der Waals surface area contributed by atoms with Crippen LogP contribution in [0.5, 0.6) is 0 Å². The Labute approximate surface area is 125 Å². The molecule has 112 valence electrons. The largest absolute Gasteiger partial charge is 0.475 e. The zero-order valence-electron chi connectivity index (χ0n) is 11.5. The Bertz CT molecular complexity index is 709. The van der Waals surface area contributed by atoms with Crippen LogP contribution in [0, 0.1) is 16.5 Å². The van der Waals surface area contributed by atoms with Gasteiger partial charge in [-0.05, 0) is 23.3 Å². The van der Waals surface area contributed by atoms with Crippen LogP contribution in [0.1, 0.15) is 22.7 Å². The lowest BCUT2D eigenvalue weighted by Gasteiger charge is -2.05. The Hall–Kier alpha value is -2.63. The number of halogens is 2. The first kappa shape index (κ1) is 14.3. The maximum absolute atomic E-state index is 13.7. The first-order chi connectivity index (χ1) is 10.7. The van der Waals surface area contributed by atoms with Gasteiger partial charge in [-0.3, -0.25) is 0 Å². The molecule has 1 aliphatic heterocycles. The summed E-state index contributed by atoms with van der Waals surface area (Å²) in [7, 11) is 0. The average Bonchev–Trinajstić information content (AvgIpc) is 2.98. The molecular weight excluding hydrogens is 290 g/mol. The summed E-state index contributed by atoms with van der Waals surface area (Å²) in [6, 6.07) is 10.4. The van der Waals surface area contributed by atoms with Crippen LogP contribution in [0.4, 0.5) is 8.78 Å². The number of nitrogens with zero attached hydrogens (tertiary/aromatic N) is 2. The fourth-order valence-corrected chi connectivity index (χ4v) is 2.30. The summed E-state index contributed by atoms with van der Waals surface area (Å²) in [6.45, 7) is 0.324. The van der Waals surface area contributed by atoms with Gasteiger partial charge in [-0.2, -0.15) is 4.91 Å². The van der Waals surface area contributed by atoms with E-state index in [9.17, 15) is 13.7 Å². The van der Waals surface area contributed by atoms with Gasteiger partial charge in [-0.15, -0.1) is 0 Å². The van der Waals surface area contributed by atoms with Crippen LogP contribution in [0.25, 0.3) is 0 Å². The van der Waals surface area contributed by atoms with Crippen molar-refractivity contribution in [3.63, 3.8) is 0 Å². The molecule has 22 heavy (non-hydrogen) atoms. The molecule has 3 rings (SSSR count). The van der Waals surface area contributed by atoms with Gasteiger partial charge in [0.15, 0.2) is 0 Å². The molecule has 0 bridgehead atoms. The lowest BCUT2D eigenvalue weighted by atomic mass is 10.1. The van der Waals surface area contributed by atoms with Crippen molar-refractivity contribution in [1.29, 1.82) is 0 Å². The van der Waals surface area contributed by atoms with Crippen molar-refractivity contribution in [3.05, 3.63) is 75.7 Å². The van der Waals surface area contributed by atoms with Gasteiger partial charge < -0.3 is 4.74 Å². The number of hydrogen-bond acceptors (Lipinski definition) is 4. The van der Waals surface area contributed by atoms with E-state index in [0.717, 1.165) is 11.1 Å². The van der Waals surface area contributed by atoms with E-state index < -0.39 is 11.6 Å². The van der Waals surface area contributed by atoms with E-state index in [-0.39, 0.29) is 30.7 Å². The van der Waals surface area contributed by atoms with Gasteiger partial charge >= 0.3 is 0 Å². The van der Waals surface area contributed by atoms with Crippen molar-refractivity contribution in [1.82, 2.24) is 0 Å². The first-order valence-electron chi connectivity index (χ1n) is 6.72. The fourth-order valence-electron chi connectivity index (χ4n) is 2.30. The molecule has 2 aromatic carbocycles. The van der Waals surface area contributed by atoms with E-state index in [1.54, 1.807) is 24.3 Å². The highest BCUT2D eigenvalue weighted by molar-refractivity contribution is 5.95. The zero-order valence-corrected chi connectivity index (χ0v) is 11.5. The molecule has 1 heterocycles. The Balaban J connectivity index is 1.86. The first-order valence-corrected chi connectivity index (χ1v) is 6.72. The fraction of sp³-hybridized carbons (Fsp3) is 0.188. The second kappa shape index (κ2) is 6.01. The van der Waals surface area contributed by atoms with Crippen LogP contribution in [0.15, 0.2) is 52.6 Å². The third kappa shape index (κ3) is 2.72. The molecule has 0 aliphatic carbocycles. The minimum Gasteiger partial charge on any atom is -0.475 e. The summed E-state index contributed by atoms with van der Waals surface area (Å²) in [5.74, 6) is -1.43. The van der Waals surface area contributed by atoms with Crippen molar-refractivity contribution in [3.8, 4) is 0 Å². The van der Waals surface area contributed by atoms with E-state index >= 15 is 0 Å². The molecule has 1 unspecified atom stereocenters. The van der Waals surface area contributed by atoms with Crippen molar-refractivity contribution in [2.75, 3.05) is 6.61 Å². The van der Waals surface area contributed by atoms with Crippen LogP contribution in [-0.4, -0.2) is 12.5 Å². The van der Waals surface area contributed by atoms with E-state index in [1.807, 2.05) is 0 Å². The number of ether oxygens (including phenoxy) is 1. The summed E-state index contributed by atoms with van der Waals surface area (Å²) in [5, 5.41) is 2.82. The molecule has 0 fully saturated rings. The third-order valence-corrected chi connectivity index (χ3v) is 3.44. The van der Waals surface area contributed by atoms with Gasteiger partial charge in [-0.1, -0.05) is 35.5 Å². The van der Waals surface area contributed by atoms with Gasteiger partial charge in [0.2, 0.25) is 5.90 Å². The normalized spacial score (nSPS) is 17.0. The highest BCUT2D eigenvalue weighted by Crippen LogP contribution is 2.27. The maximum atomic E-state index is 13.7. The average molecular weight is 302 g/mol. The minimum atomic E-state index is -0.702. The standard InChI is InChI=1S/C16H12F2N2O2/c17-12-2-1-3-13(18)15(12)16-20-14(9-22-16)11-6-4-10(5-7-11)8-19-21/h1-7,14H,8-9H2. The van der Waals surface area contributed by atoms with Crippen LogP contribution >= 0.6 is 0 Å². The van der Waals surface area contributed by atoms with Crippen LogP contribution < -0.4 is 0 Å². The van der Waals surface area contributed by atoms with Gasteiger partial charge in [0, 0.05) is 0 Å². The second-order valence-electron chi connectivity index (χ2n) is 4.89. The number of hydrogen-bond donors (Lipinski definition) is 0. The molecule has 4 nitrogen and oxygen atoms in total. The van der Waals surface area contributed by atoms with Crippen molar-refractivity contribution in [2.24, 2.45) is 10.2 Å². The van der Waals surface area contributed by atoms with Gasteiger partial charge in [0.05, 0.1) is 0 Å². The number of rotatable bonds is 4. The molecule has 2 aromatic rings. The van der Waals surface area contributed by atoms with Gasteiger partial charge in [0.25, 0.3) is 0 Å². The van der Waals surface area contributed by atoms with Gasteiger partial charge in [0.1, 0.15) is 36.4 Å². The molecule has 1 aliphatic rings. The second-order valence-corrected chi connectivity index (χ2v) is 4.89. The molecule has 0 spiro atoms. The highest BCUT2D eigenvalue weighted by Gasteiger charge is 2.25. The molecule has 0 amide bonds. The van der Waals surface area contributed by atoms with Crippen molar-refractivity contribution >= 4 is 5.90 Å². The lowest BCUT2D eigenvalue weighted by Crippen LogP contribution is -2.07. The summed E-state index contributed by atoms with van der Waals surface area (Å²) in [6.07, 6.45) is 0. The predicted octanol–water partition coefficient (Wildman–Crippen LogP) is 3.75. The molecule has 1 atom stereocenters. The minimum absolute atomic E-state index is 0.0285. The van der Waals surface area contributed by atoms with Crippen LogP contribution in [0.2, 0.25) is 0 Å². The number of benzene rings is 2. The SMILES string of the molecule is O=NCc1ccc(C2COC(c3c(F)cccc3F)=N2)cc1. The van der Waals surface area contributed by atoms with Crippen LogP contribution in [0.3, 0.4) is 0 Å². The Morgan fingerprint density at radius 2 is 1.82 bits per heavy atom. The third-order valence-electron chi connectivity index (χ3n) is 3.44. The van der Waals surface area contributed by atoms with E-state index in [2.05, 4.69) is 10.2 Å². The molecule has 6 heteroatoms. The molecule has 0 aromatic heterocycles. The summed E-state index contributed by atoms with van der Waals surface area (Å²) < 4.78 is 32.8. The monoisotopic (exact) mass is 302 g/mol. The summed E-state index contributed by atoms with van der Waals surface area (Å²) in [4.78, 5) is 14.5. The van der Waals surface area contributed by atoms with Crippen LogP contribution in [-0.2, 0) is 11.3 Å². The lowest BCUT2D eigenvalue weighted by molar-refractivity contribution is 0.317. The Kier molecular flexibility index (Phi) is 3.91. The smallest absolute Gasteiger partial charge is 0.222 e. The zero-order chi connectivity index (χ0) is 15.5. The van der Waals surface area contributed by atoms with Gasteiger partial charge in [-0.25, -0.2) is 13.8 Å². The topological polar surface area (TPSA) is 51.0 Å². The molecular formula is C16H12F2N2O2. The predicted molar refractivity (Wildman–Crippen MR) is 77.5 cm³/mol. The van der Waals surface area contributed by atoms with E-state index in [1.165, 1.54) is 18.2 Å². The van der Waals surface area contributed by atoms with Crippen molar-refractivity contribution in [2.45, 2.75) is 12.6 Å². The summed E-state index contributed by atoms with van der Waals surface area (Å²) in [5.41, 5.74) is 1.40. The molecule has 0 N–H and O–H groups in total. The Morgan fingerprint density at radius 1 is 1.14 bits per heavy atom.